The number of hydrogen-bond donors (Lipinski definition) is 1. The van der Waals surface area contributed by atoms with Gasteiger partial charge in [0.15, 0.2) is 11.5 Å². The summed E-state index contributed by atoms with van der Waals surface area (Å²) >= 11 is 0. The molecule has 0 aliphatic carbocycles. The van der Waals surface area contributed by atoms with Crippen molar-refractivity contribution in [2.24, 2.45) is 17.8 Å². The normalized spacial score (nSPS) is 30.1. The lowest BCUT2D eigenvalue weighted by Gasteiger charge is -2.54. The molecule has 188 valence electrons. The van der Waals surface area contributed by atoms with Crippen LogP contribution in [0.3, 0.4) is 0 Å². The van der Waals surface area contributed by atoms with Crippen LogP contribution in [0.1, 0.15) is 77.9 Å². The Bertz CT molecular complexity index is 901. The molecule has 1 N–H and O–H groups in total. The number of piperidine rings is 1. The third-order valence-corrected chi connectivity index (χ3v) is 7.77. The lowest BCUT2D eigenvalue weighted by Crippen LogP contribution is -2.57. The van der Waals surface area contributed by atoms with Gasteiger partial charge in [-0.3, -0.25) is 9.59 Å². The first-order chi connectivity index (χ1) is 16.2. The summed E-state index contributed by atoms with van der Waals surface area (Å²) in [7, 11) is 0. The van der Waals surface area contributed by atoms with Gasteiger partial charge in [0, 0.05) is 43.3 Å². The summed E-state index contributed by atoms with van der Waals surface area (Å²) in [5.41, 5.74) is 0.288. The van der Waals surface area contributed by atoms with Gasteiger partial charge >= 0.3 is 5.97 Å². The molecule has 1 aromatic rings. The first-order valence-corrected chi connectivity index (χ1v) is 12.8. The molecule has 5 atom stereocenters. The van der Waals surface area contributed by atoms with Gasteiger partial charge < -0.3 is 24.2 Å². The largest absolute Gasteiger partial charge is 0.490 e. The number of para-hydroxylation sites is 1. The number of fused-ring (bicyclic) bond motifs is 4. The number of carboxylic acids is 1. The summed E-state index contributed by atoms with van der Waals surface area (Å²) in [5, 5.41) is 9.41. The van der Waals surface area contributed by atoms with E-state index in [2.05, 4.69) is 13.8 Å². The summed E-state index contributed by atoms with van der Waals surface area (Å²) < 4.78 is 19.2. The van der Waals surface area contributed by atoms with Crippen molar-refractivity contribution in [3.63, 3.8) is 0 Å². The summed E-state index contributed by atoms with van der Waals surface area (Å²) in [6.07, 6.45) is 3.50. The van der Waals surface area contributed by atoms with Crippen molar-refractivity contribution in [1.29, 1.82) is 0 Å². The molecule has 2 fully saturated rings. The fourth-order valence-electron chi connectivity index (χ4n) is 5.84. The lowest BCUT2D eigenvalue weighted by molar-refractivity contribution is -0.194. The Morgan fingerprint density at radius 1 is 1.29 bits per heavy atom. The fraction of sp³-hybridized carbons (Fsp3) is 0.704. The molecule has 0 unspecified atom stereocenters. The number of carboxylic acid groups (broad SMARTS) is 1. The summed E-state index contributed by atoms with van der Waals surface area (Å²) in [6.45, 7) is 10.2. The Hall–Kier alpha value is -2.28. The van der Waals surface area contributed by atoms with Crippen LogP contribution < -0.4 is 9.47 Å². The van der Waals surface area contributed by atoms with Crippen molar-refractivity contribution < 1.29 is 28.9 Å². The van der Waals surface area contributed by atoms with Crippen LogP contribution in [0, 0.1) is 17.8 Å². The van der Waals surface area contributed by atoms with E-state index < -0.39 is 11.6 Å². The molecule has 1 aromatic carbocycles. The predicted octanol–water partition coefficient (Wildman–Crippen LogP) is 4.83. The number of aliphatic carboxylic acids is 1. The van der Waals surface area contributed by atoms with Crippen molar-refractivity contribution >= 4 is 11.9 Å². The highest BCUT2D eigenvalue weighted by Gasteiger charge is 2.54. The van der Waals surface area contributed by atoms with Gasteiger partial charge in [0.2, 0.25) is 5.91 Å². The van der Waals surface area contributed by atoms with E-state index in [0.29, 0.717) is 43.4 Å². The Balaban J connectivity index is 1.59. The van der Waals surface area contributed by atoms with E-state index >= 15 is 0 Å². The van der Waals surface area contributed by atoms with E-state index in [4.69, 9.17) is 14.2 Å². The molecule has 0 bridgehead atoms. The predicted molar refractivity (Wildman–Crippen MR) is 128 cm³/mol. The second-order valence-corrected chi connectivity index (χ2v) is 10.7. The van der Waals surface area contributed by atoms with Gasteiger partial charge in [-0.1, -0.05) is 26.0 Å². The van der Waals surface area contributed by atoms with Gasteiger partial charge in [0.05, 0.1) is 18.8 Å². The molecule has 4 rings (SSSR count). The smallest absolute Gasteiger partial charge is 0.303 e. The monoisotopic (exact) mass is 473 g/mol. The number of carbonyl (C=O) groups excluding carboxylic acids is 1. The third-order valence-electron chi connectivity index (χ3n) is 7.77. The van der Waals surface area contributed by atoms with Crippen molar-refractivity contribution in [2.75, 3.05) is 19.7 Å². The molecule has 0 radical (unpaired) electrons. The number of amides is 1. The molecule has 7 heteroatoms. The van der Waals surface area contributed by atoms with E-state index in [0.717, 1.165) is 31.4 Å². The molecule has 34 heavy (non-hydrogen) atoms. The van der Waals surface area contributed by atoms with E-state index in [-0.39, 0.29) is 36.4 Å². The highest BCUT2D eigenvalue weighted by atomic mass is 16.5. The minimum atomic E-state index is -0.834. The third kappa shape index (κ3) is 5.04. The van der Waals surface area contributed by atoms with Crippen molar-refractivity contribution in [2.45, 2.75) is 84.0 Å². The van der Waals surface area contributed by atoms with Gasteiger partial charge in [0.1, 0.15) is 5.60 Å². The number of likely N-dealkylation sites (tertiary alicyclic amines) is 1. The standard InChI is InChI=1S/C27H39NO6/c1-5-32-22-8-6-7-19-25-20(27(4,34-26(19)22)13-11-24(30)31)15-18-16-28(14-12-21(18)33-25)23(29)10-9-17(2)3/h6-8,17-18,20-21,25H,5,9-16H2,1-4H3,(H,30,31)/t18-,20-,21-,25+,27+/m1/s1. The Morgan fingerprint density at radius 2 is 2.09 bits per heavy atom. The van der Waals surface area contributed by atoms with Crippen LogP contribution in [0.5, 0.6) is 11.5 Å². The molecule has 3 heterocycles. The van der Waals surface area contributed by atoms with Gasteiger partial charge in [-0.05, 0) is 51.5 Å². The Kier molecular flexibility index (Phi) is 7.41. The Labute approximate surface area is 202 Å². The molecular formula is C27H39NO6. The molecule has 1 amide bonds. The van der Waals surface area contributed by atoms with E-state index in [1.54, 1.807) is 0 Å². The molecule has 3 aliphatic heterocycles. The molecule has 2 saturated heterocycles. The van der Waals surface area contributed by atoms with Crippen LogP contribution >= 0.6 is 0 Å². The zero-order valence-corrected chi connectivity index (χ0v) is 20.9. The maximum absolute atomic E-state index is 12.8. The fourth-order valence-corrected chi connectivity index (χ4v) is 5.84. The number of rotatable bonds is 8. The molecule has 3 aliphatic rings. The van der Waals surface area contributed by atoms with Crippen molar-refractivity contribution in [1.82, 2.24) is 4.90 Å². The van der Waals surface area contributed by atoms with Crippen LogP contribution in [0.25, 0.3) is 0 Å². The van der Waals surface area contributed by atoms with Crippen LogP contribution in [-0.2, 0) is 14.3 Å². The maximum atomic E-state index is 12.8. The van der Waals surface area contributed by atoms with Gasteiger partial charge in [-0.25, -0.2) is 0 Å². The van der Waals surface area contributed by atoms with Crippen molar-refractivity contribution in [3.8, 4) is 11.5 Å². The second kappa shape index (κ2) is 10.1. The zero-order chi connectivity index (χ0) is 24.5. The van der Waals surface area contributed by atoms with E-state index in [1.165, 1.54) is 0 Å². The second-order valence-electron chi connectivity index (χ2n) is 10.7. The van der Waals surface area contributed by atoms with Crippen LogP contribution in [0.15, 0.2) is 18.2 Å². The van der Waals surface area contributed by atoms with E-state index in [1.807, 2.05) is 36.9 Å². The topological polar surface area (TPSA) is 85.3 Å². The lowest BCUT2D eigenvalue weighted by atomic mass is 9.68. The van der Waals surface area contributed by atoms with E-state index in [9.17, 15) is 14.7 Å². The van der Waals surface area contributed by atoms with Gasteiger partial charge in [0.25, 0.3) is 0 Å². The highest BCUT2D eigenvalue weighted by molar-refractivity contribution is 5.76. The zero-order valence-electron chi connectivity index (χ0n) is 20.9. The number of hydrogen-bond acceptors (Lipinski definition) is 5. The van der Waals surface area contributed by atoms with Crippen molar-refractivity contribution in [3.05, 3.63) is 23.8 Å². The summed E-state index contributed by atoms with van der Waals surface area (Å²) in [4.78, 5) is 26.3. The molecular weight excluding hydrogens is 434 g/mol. The maximum Gasteiger partial charge on any atom is 0.303 e. The number of benzene rings is 1. The minimum Gasteiger partial charge on any atom is -0.490 e. The first kappa shape index (κ1) is 24.8. The Morgan fingerprint density at radius 3 is 2.79 bits per heavy atom. The minimum absolute atomic E-state index is 0.00296. The number of carbonyl (C=O) groups is 2. The number of ether oxygens (including phenoxy) is 3. The average Bonchev–Trinajstić information content (AvgIpc) is 2.81. The van der Waals surface area contributed by atoms with Gasteiger partial charge in [-0.15, -0.1) is 0 Å². The van der Waals surface area contributed by atoms with Crippen LogP contribution in [0.4, 0.5) is 0 Å². The molecule has 0 aromatic heterocycles. The first-order valence-electron chi connectivity index (χ1n) is 12.8. The molecule has 7 nitrogen and oxygen atoms in total. The average molecular weight is 474 g/mol. The summed E-state index contributed by atoms with van der Waals surface area (Å²) in [5.74, 6) is 1.49. The highest BCUT2D eigenvalue weighted by Crippen LogP contribution is 2.56. The number of nitrogens with zero attached hydrogens (tertiary/aromatic N) is 1. The van der Waals surface area contributed by atoms with Crippen LogP contribution in [0.2, 0.25) is 0 Å². The molecule has 0 saturated carbocycles. The quantitative estimate of drug-likeness (QED) is 0.582. The molecule has 0 spiro atoms. The SMILES string of the molecule is CCOc1cccc2c1O[C@@](C)(CCC(=O)O)[C@@H]1C[C@@H]3CN(C(=O)CCC(C)C)CC[C@H]3O[C@@H]21. The van der Waals surface area contributed by atoms with Crippen LogP contribution in [-0.4, -0.2) is 53.3 Å². The summed E-state index contributed by atoms with van der Waals surface area (Å²) in [6, 6.07) is 5.90. The van der Waals surface area contributed by atoms with Gasteiger partial charge in [-0.2, -0.15) is 0 Å².